The Kier molecular flexibility index (Phi) is 5.73. The molecule has 0 saturated heterocycles. The molecule has 1 aliphatic rings. The van der Waals surface area contributed by atoms with Crippen LogP contribution in [0.3, 0.4) is 0 Å². The van der Waals surface area contributed by atoms with Crippen LogP contribution in [0, 0.1) is 5.82 Å². The zero-order valence-electron chi connectivity index (χ0n) is 13.8. The smallest absolute Gasteiger partial charge is 0.310 e. The number of Topliss-reactive ketones (excluding diaryl/α,β-unsaturated/α-hetero) is 1. The highest BCUT2D eigenvalue weighted by molar-refractivity contribution is 6.31. The van der Waals surface area contributed by atoms with Gasteiger partial charge in [0.2, 0.25) is 0 Å². The molecular weight excluding hydrogens is 363 g/mol. The van der Waals surface area contributed by atoms with E-state index in [4.69, 9.17) is 25.8 Å². The van der Waals surface area contributed by atoms with Gasteiger partial charge in [0.25, 0.3) is 0 Å². The number of ether oxygens (including phenoxy) is 3. The minimum atomic E-state index is -0.736. The zero-order chi connectivity index (χ0) is 18.5. The topological polar surface area (TPSA) is 61.8 Å². The second kappa shape index (κ2) is 8.19. The fourth-order valence-electron chi connectivity index (χ4n) is 2.46. The first-order valence-corrected chi connectivity index (χ1v) is 8.44. The van der Waals surface area contributed by atoms with Crippen LogP contribution < -0.4 is 9.47 Å². The minimum Gasteiger partial charge on any atom is -0.490 e. The third-order valence-corrected chi connectivity index (χ3v) is 4.17. The molecule has 2 aromatic rings. The summed E-state index contributed by atoms with van der Waals surface area (Å²) in [6.45, 7) is 0.601. The summed E-state index contributed by atoms with van der Waals surface area (Å²) in [5.41, 5.74) is 0.383. The molecule has 136 valence electrons. The number of benzene rings is 2. The standard InChI is InChI=1S/C19H16ClFO5/c20-14-3-1-4-15(21)13(14)10-19(23)26-11-16(22)12-5-6-17-18(9-12)25-8-2-7-24-17/h1,3-6,9H,2,7-8,10-11H2. The maximum absolute atomic E-state index is 13.7. The van der Waals surface area contributed by atoms with Crippen LogP contribution in [0.1, 0.15) is 22.3 Å². The Balaban J connectivity index is 1.60. The Labute approximate surface area is 154 Å². The van der Waals surface area contributed by atoms with E-state index in [0.717, 1.165) is 6.42 Å². The molecule has 0 aromatic heterocycles. The maximum atomic E-state index is 13.7. The van der Waals surface area contributed by atoms with Crippen LogP contribution in [0.2, 0.25) is 5.02 Å². The lowest BCUT2D eigenvalue weighted by Gasteiger charge is -2.09. The molecule has 3 rings (SSSR count). The van der Waals surface area contributed by atoms with Crippen LogP contribution in [0.25, 0.3) is 0 Å². The van der Waals surface area contributed by atoms with Crippen molar-refractivity contribution in [3.05, 3.63) is 58.4 Å². The number of esters is 1. The van der Waals surface area contributed by atoms with Gasteiger partial charge in [0, 0.05) is 22.6 Å². The molecule has 0 aliphatic carbocycles. The summed E-state index contributed by atoms with van der Waals surface area (Å²) >= 11 is 5.87. The summed E-state index contributed by atoms with van der Waals surface area (Å²) in [7, 11) is 0. The number of halogens is 2. The van der Waals surface area contributed by atoms with E-state index in [1.165, 1.54) is 18.2 Å². The number of rotatable bonds is 5. The fraction of sp³-hybridized carbons (Fsp3) is 0.263. The Morgan fingerprint density at radius 1 is 1.12 bits per heavy atom. The van der Waals surface area contributed by atoms with Gasteiger partial charge in [0.05, 0.1) is 19.6 Å². The lowest BCUT2D eigenvalue weighted by molar-refractivity contribution is -0.141. The van der Waals surface area contributed by atoms with E-state index in [9.17, 15) is 14.0 Å². The lowest BCUT2D eigenvalue weighted by atomic mass is 10.1. The number of carbonyl (C=O) groups is 2. The average Bonchev–Trinajstić information content (AvgIpc) is 2.87. The van der Waals surface area contributed by atoms with Crippen LogP contribution >= 0.6 is 11.6 Å². The van der Waals surface area contributed by atoms with E-state index in [1.54, 1.807) is 18.2 Å². The summed E-state index contributed by atoms with van der Waals surface area (Å²) in [5.74, 6) is -0.667. The summed E-state index contributed by atoms with van der Waals surface area (Å²) < 4.78 is 29.7. The quantitative estimate of drug-likeness (QED) is 0.587. The van der Waals surface area contributed by atoms with E-state index in [0.29, 0.717) is 30.3 Å². The predicted octanol–water partition coefficient (Wildman–Crippen LogP) is 3.61. The van der Waals surface area contributed by atoms with Gasteiger partial charge in [0.15, 0.2) is 23.9 Å². The summed E-state index contributed by atoms with van der Waals surface area (Å²) in [4.78, 5) is 24.1. The number of hydrogen-bond acceptors (Lipinski definition) is 5. The maximum Gasteiger partial charge on any atom is 0.310 e. The molecule has 26 heavy (non-hydrogen) atoms. The van der Waals surface area contributed by atoms with Crippen LogP contribution in [-0.2, 0) is 16.0 Å². The van der Waals surface area contributed by atoms with Gasteiger partial charge >= 0.3 is 5.97 Å². The van der Waals surface area contributed by atoms with Crippen molar-refractivity contribution in [3.8, 4) is 11.5 Å². The Hall–Kier alpha value is -2.60. The van der Waals surface area contributed by atoms with E-state index in [-0.39, 0.29) is 17.0 Å². The predicted molar refractivity (Wildman–Crippen MR) is 92.5 cm³/mol. The van der Waals surface area contributed by atoms with Crippen molar-refractivity contribution in [2.75, 3.05) is 19.8 Å². The molecule has 1 aliphatic heterocycles. The molecule has 0 radical (unpaired) electrons. The minimum absolute atomic E-state index is 0.0437. The van der Waals surface area contributed by atoms with Crippen molar-refractivity contribution in [2.24, 2.45) is 0 Å². The van der Waals surface area contributed by atoms with Crippen molar-refractivity contribution in [3.63, 3.8) is 0 Å². The normalized spacial score (nSPS) is 13.0. The first-order valence-electron chi connectivity index (χ1n) is 8.06. The van der Waals surface area contributed by atoms with Gasteiger partial charge in [-0.1, -0.05) is 17.7 Å². The van der Waals surface area contributed by atoms with Gasteiger partial charge in [-0.2, -0.15) is 0 Å². The highest BCUT2D eigenvalue weighted by atomic mass is 35.5. The zero-order valence-corrected chi connectivity index (χ0v) is 14.6. The van der Waals surface area contributed by atoms with Crippen molar-refractivity contribution < 1.29 is 28.2 Å². The Morgan fingerprint density at radius 2 is 1.88 bits per heavy atom. The molecule has 0 saturated carbocycles. The fourth-order valence-corrected chi connectivity index (χ4v) is 2.69. The number of carbonyl (C=O) groups excluding carboxylic acids is 2. The molecule has 5 nitrogen and oxygen atoms in total. The van der Waals surface area contributed by atoms with E-state index < -0.39 is 24.2 Å². The lowest BCUT2D eigenvalue weighted by Crippen LogP contribution is -2.16. The first kappa shape index (κ1) is 18.2. The third-order valence-electron chi connectivity index (χ3n) is 3.82. The van der Waals surface area contributed by atoms with Crippen molar-refractivity contribution in [2.45, 2.75) is 12.8 Å². The molecule has 0 spiro atoms. The Morgan fingerprint density at radius 3 is 2.65 bits per heavy atom. The monoisotopic (exact) mass is 378 g/mol. The van der Waals surface area contributed by atoms with Crippen LogP contribution in [0.5, 0.6) is 11.5 Å². The number of fused-ring (bicyclic) bond motifs is 1. The van der Waals surface area contributed by atoms with Gasteiger partial charge in [-0.3, -0.25) is 9.59 Å². The van der Waals surface area contributed by atoms with Crippen LogP contribution in [-0.4, -0.2) is 31.6 Å². The van der Waals surface area contributed by atoms with Crippen LogP contribution in [0.4, 0.5) is 4.39 Å². The molecule has 0 bridgehead atoms. The van der Waals surface area contributed by atoms with Gasteiger partial charge in [-0.25, -0.2) is 4.39 Å². The summed E-state index contributed by atoms with van der Waals surface area (Å²) in [5, 5.41) is 0.135. The Bertz CT molecular complexity index is 816. The van der Waals surface area contributed by atoms with E-state index >= 15 is 0 Å². The third kappa shape index (κ3) is 4.32. The molecule has 1 heterocycles. The first-order chi connectivity index (χ1) is 12.5. The summed E-state index contributed by atoms with van der Waals surface area (Å²) in [6.07, 6.45) is 0.411. The van der Waals surface area contributed by atoms with Gasteiger partial charge in [-0.15, -0.1) is 0 Å². The highest BCUT2D eigenvalue weighted by Crippen LogP contribution is 2.30. The van der Waals surface area contributed by atoms with Gasteiger partial charge in [-0.05, 0) is 30.3 Å². The van der Waals surface area contributed by atoms with Crippen LogP contribution in [0.15, 0.2) is 36.4 Å². The van der Waals surface area contributed by atoms with E-state index in [1.807, 2.05) is 0 Å². The molecule has 0 amide bonds. The molecule has 0 fully saturated rings. The van der Waals surface area contributed by atoms with Gasteiger partial charge < -0.3 is 14.2 Å². The van der Waals surface area contributed by atoms with Crippen molar-refractivity contribution in [1.29, 1.82) is 0 Å². The summed E-state index contributed by atoms with van der Waals surface area (Å²) in [6, 6.07) is 8.92. The second-order valence-electron chi connectivity index (χ2n) is 5.67. The molecule has 2 aromatic carbocycles. The number of hydrogen-bond donors (Lipinski definition) is 0. The molecule has 0 unspecified atom stereocenters. The SMILES string of the molecule is O=C(Cc1c(F)cccc1Cl)OCC(=O)c1ccc2c(c1)OCCCO2. The largest absolute Gasteiger partial charge is 0.490 e. The highest BCUT2D eigenvalue weighted by Gasteiger charge is 2.17. The van der Waals surface area contributed by atoms with Gasteiger partial charge in [0.1, 0.15) is 5.82 Å². The van der Waals surface area contributed by atoms with E-state index in [2.05, 4.69) is 0 Å². The molecule has 0 N–H and O–H groups in total. The van der Waals surface area contributed by atoms with Crippen molar-refractivity contribution in [1.82, 2.24) is 0 Å². The molecule has 7 heteroatoms. The molecule has 0 atom stereocenters. The average molecular weight is 379 g/mol. The molecular formula is C19H16ClFO5. The second-order valence-corrected chi connectivity index (χ2v) is 6.08. The number of ketones is 1. The van der Waals surface area contributed by atoms with Crippen molar-refractivity contribution >= 4 is 23.4 Å².